The van der Waals surface area contributed by atoms with E-state index in [1.54, 1.807) is 0 Å². The molecule has 5 heteroatoms. The van der Waals surface area contributed by atoms with Gasteiger partial charge in [-0.3, -0.25) is 0 Å². The minimum absolute atomic E-state index is 0.252. The summed E-state index contributed by atoms with van der Waals surface area (Å²) in [5.41, 5.74) is 2.75. The van der Waals surface area contributed by atoms with Gasteiger partial charge in [0.2, 0.25) is 5.11 Å². The third kappa shape index (κ3) is 3.26. The van der Waals surface area contributed by atoms with Gasteiger partial charge in [0.15, 0.2) is 0 Å². The van der Waals surface area contributed by atoms with Crippen LogP contribution in [-0.4, -0.2) is 28.7 Å². The zero-order valence-corrected chi connectivity index (χ0v) is 16.8. The highest BCUT2D eigenvalue weighted by Crippen LogP contribution is 2.44. The number of hydrogen-bond donors (Lipinski definition) is 1. The second-order valence-corrected chi connectivity index (χ2v) is 8.29. The van der Waals surface area contributed by atoms with Gasteiger partial charge >= 0.3 is 0 Å². The van der Waals surface area contributed by atoms with Gasteiger partial charge in [-0.05, 0) is 56.8 Å². The fourth-order valence-electron chi connectivity index (χ4n) is 4.22. The third-order valence-corrected chi connectivity index (χ3v) is 5.66. The van der Waals surface area contributed by atoms with Crippen LogP contribution in [0, 0.1) is 6.92 Å². The van der Waals surface area contributed by atoms with Crippen molar-refractivity contribution in [2.45, 2.75) is 44.8 Å². The van der Waals surface area contributed by atoms with Crippen molar-refractivity contribution in [1.82, 2.24) is 0 Å². The van der Waals surface area contributed by atoms with E-state index in [0.717, 1.165) is 30.1 Å². The van der Waals surface area contributed by atoms with Crippen LogP contribution in [0.1, 0.15) is 32.3 Å². The first-order valence-corrected chi connectivity index (χ1v) is 9.77. The Morgan fingerprint density at radius 3 is 2.48 bits per heavy atom. The Bertz CT molecular complexity index is 893. The van der Waals surface area contributed by atoms with E-state index in [2.05, 4.69) is 67.4 Å². The molecule has 140 valence electrons. The topological polar surface area (TPSA) is 36.9 Å². The number of nitrogens with one attached hydrogen (secondary N) is 1. The summed E-state index contributed by atoms with van der Waals surface area (Å²) < 4.78 is 6.05. The maximum Gasteiger partial charge on any atom is 0.202 e. The molecule has 27 heavy (non-hydrogen) atoms. The molecule has 2 aromatic rings. The van der Waals surface area contributed by atoms with Gasteiger partial charge in [0.05, 0.1) is 5.60 Å². The molecular weight excluding hydrogens is 354 g/mol. The molecule has 0 aromatic heterocycles. The predicted octanol–water partition coefficient (Wildman–Crippen LogP) is 4.94. The maximum atomic E-state index is 6.05. The standard InChI is InChI=1S/C22H25N3OS/c1-16-9-7-8-12-18(16)25-20(27)24-19(23-17-10-5-4-6-11-17)22(25)13-14-26-21(2,3)15-22/h4-12H,13-15H2,1-3H3,(H,23,24,27)/t22-/m0/s1. The monoisotopic (exact) mass is 379 g/mol. The summed E-state index contributed by atoms with van der Waals surface area (Å²) in [5, 5.41) is 4.17. The van der Waals surface area contributed by atoms with Crippen molar-refractivity contribution in [1.29, 1.82) is 0 Å². The number of anilines is 2. The van der Waals surface area contributed by atoms with E-state index in [9.17, 15) is 0 Å². The van der Waals surface area contributed by atoms with Gasteiger partial charge in [0.25, 0.3) is 0 Å². The predicted molar refractivity (Wildman–Crippen MR) is 116 cm³/mol. The van der Waals surface area contributed by atoms with Crippen LogP contribution in [0.2, 0.25) is 0 Å². The van der Waals surface area contributed by atoms with Gasteiger partial charge in [-0.2, -0.15) is 0 Å². The molecule has 0 radical (unpaired) electrons. The second-order valence-electron chi connectivity index (χ2n) is 7.92. The van der Waals surface area contributed by atoms with Crippen LogP contribution in [0.3, 0.4) is 0 Å². The average Bonchev–Trinajstić information content (AvgIpc) is 2.86. The van der Waals surface area contributed by atoms with E-state index in [1.807, 2.05) is 18.2 Å². The zero-order chi connectivity index (χ0) is 19.1. The highest BCUT2D eigenvalue weighted by Gasteiger charge is 2.54. The van der Waals surface area contributed by atoms with Crippen LogP contribution < -0.4 is 10.2 Å². The molecule has 0 unspecified atom stereocenters. The van der Waals surface area contributed by atoms with E-state index in [0.29, 0.717) is 11.7 Å². The molecule has 1 spiro atoms. The number of benzene rings is 2. The number of nitrogens with zero attached hydrogens (tertiary/aromatic N) is 2. The van der Waals surface area contributed by atoms with Crippen LogP contribution in [0.15, 0.2) is 59.6 Å². The Hall–Kier alpha value is -2.24. The number of para-hydroxylation sites is 2. The zero-order valence-electron chi connectivity index (χ0n) is 16.0. The largest absolute Gasteiger partial charge is 0.375 e. The maximum absolute atomic E-state index is 6.05. The molecule has 2 aromatic carbocycles. The first kappa shape index (κ1) is 18.1. The van der Waals surface area contributed by atoms with E-state index >= 15 is 0 Å². The van der Waals surface area contributed by atoms with Crippen molar-refractivity contribution >= 4 is 34.5 Å². The fraction of sp³-hybridized carbons (Fsp3) is 0.364. The number of aliphatic imine (C=N–C) groups is 1. The first-order valence-electron chi connectivity index (χ1n) is 9.36. The molecule has 1 fully saturated rings. The summed E-state index contributed by atoms with van der Waals surface area (Å²) in [6.45, 7) is 7.09. The number of amidine groups is 1. The lowest BCUT2D eigenvalue weighted by molar-refractivity contribution is -0.0661. The SMILES string of the molecule is Cc1ccccc1N1C(=S)N=C(Nc2ccccc2)[C@@]12CCOC(C)(C)C2. The number of aryl methyl sites for hydroxylation is 1. The van der Waals surface area contributed by atoms with Crippen LogP contribution in [0.5, 0.6) is 0 Å². The lowest BCUT2D eigenvalue weighted by Crippen LogP contribution is -2.61. The number of ether oxygens (including phenoxy) is 1. The Labute approximate surface area is 166 Å². The Morgan fingerprint density at radius 1 is 1.07 bits per heavy atom. The van der Waals surface area contributed by atoms with Crippen molar-refractivity contribution in [3.05, 3.63) is 60.2 Å². The van der Waals surface area contributed by atoms with E-state index in [-0.39, 0.29) is 11.1 Å². The molecule has 0 amide bonds. The molecule has 2 aliphatic rings. The average molecular weight is 380 g/mol. The lowest BCUT2D eigenvalue weighted by Gasteiger charge is -2.48. The fourth-order valence-corrected chi connectivity index (χ4v) is 4.59. The second kappa shape index (κ2) is 6.73. The van der Waals surface area contributed by atoms with Gasteiger partial charge < -0.3 is 15.0 Å². The van der Waals surface area contributed by atoms with Crippen molar-refractivity contribution in [2.75, 3.05) is 16.8 Å². The highest BCUT2D eigenvalue weighted by molar-refractivity contribution is 7.80. The lowest BCUT2D eigenvalue weighted by atomic mass is 9.79. The van der Waals surface area contributed by atoms with Gasteiger partial charge in [-0.15, -0.1) is 0 Å². The molecule has 0 aliphatic carbocycles. The Kier molecular flexibility index (Phi) is 4.52. The first-order chi connectivity index (χ1) is 12.9. The molecular formula is C22H25N3OS. The van der Waals surface area contributed by atoms with Gasteiger partial charge in [-0.1, -0.05) is 36.4 Å². The minimum Gasteiger partial charge on any atom is -0.375 e. The molecule has 1 N–H and O–H groups in total. The molecule has 0 bridgehead atoms. The van der Waals surface area contributed by atoms with Crippen LogP contribution >= 0.6 is 12.2 Å². The van der Waals surface area contributed by atoms with Crippen molar-refractivity contribution < 1.29 is 4.74 Å². The van der Waals surface area contributed by atoms with Crippen LogP contribution in [0.4, 0.5) is 11.4 Å². The summed E-state index contributed by atoms with van der Waals surface area (Å²) in [5.74, 6) is 0.915. The number of hydrogen-bond acceptors (Lipinski definition) is 3. The number of rotatable bonds is 2. The molecule has 0 saturated carbocycles. The van der Waals surface area contributed by atoms with Gasteiger partial charge in [-0.25, -0.2) is 4.99 Å². The molecule has 4 nitrogen and oxygen atoms in total. The normalized spacial score (nSPS) is 24.2. The molecule has 1 saturated heterocycles. The molecule has 2 aliphatic heterocycles. The number of thiocarbonyl (C=S) groups is 1. The Morgan fingerprint density at radius 2 is 1.78 bits per heavy atom. The van der Waals surface area contributed by atoms with Gasteiger partial charge in [0, 0.05) is 30.8 Å². The Balaban J connectivity index is 1.81. The molecule has 1 atom stereocenters. The molecule has 2 heterocycles. The highest BCUT2D eigenvalue weighted by atomic mass is 32.1. The third-order valence-electron chi connectivity index (χ3n) is 5.39. The van der Waals surface area contributed by atoms with E-state index in [1.165, 1.54) is 5.56 Å². The van der Waals surface area contributed by atoms with E-state index < -0.39 is 0 Å². The summed E-state index contributed by atoms with van der Waals surface area (Å²) in [7, 11) is 0. The van der Waals surface area contributed by atoms with Gasteiger partial charge in [0.1, 0.15) is 11.4 Å². The summed E-state index contributed by atoms with van der Waals surface area (Å²) in [6, 6.07) is 18.5. The smallest absolute Gasteiger partial charge is 0.202 e. The minimum atomic E-state index is -0.333. The van der Waals surface area contributed by atoms with Crippen molar-refractivity contribution in [2.24, 2.45) is 4.99 Å². The van der Waals surface area contributed by atoms with E-state index in [4.69, 9.17) is 21.9 Å². The van der Waals surface area contributed by atoms with Crippen molar-refractivity contribution in [3.63, 3.8) is 0 Å². The summed E-state index contributed by atoms with van der Waals surface area (Å²) in [4.78, 5) is 7.08. The van der Waals surface area contributed by atoms with Crippen LogP contribution in [-0.2, 0) is 4.74 Å². The molecule has 4 rings (SSSR count). The quantitative estimate of drug-likeness (QED) is 0.750. The summed E-state index contributed by atoms with van der Waals surface area (Å²) >= 11 is 5.76. The van der Waals surface area contributed by atoms with Crippen LogP contribution in [0.25, 0.3) is 0 Å². The van der Waals surface area contributed by atoms with Crippen molar-refractivity contribution in [3.8, 4) is 0 Å². The summed E-state index contributed by atoms with van der Waals surface area (Å²) in [6.07, 6.45) is 1.65.